The Labute approximate surface area is 138 Å². The maximum atomic E-state index is 12.6. The van der Waals surface area contributed by atoms with E-state index >= 15 is 0 Å². The predicted molar refractivity (Wildman–Crippen MR) is 93.8 cm³/mol. The van der Waals surface area contributed by atoms with Crippen molar-refractivity contribution in [2.75, 3.05) is 24.5 Å². The molecule has 1 aromatic rings. The summed E-state index contributed by atoms with van der Waals surface area (Å²) in [5, 5.41) is 6.61. The zero-order chi connectivity index (χ0) is 16.2. The van der Waals surface area contributed by atoms with E-state index in [1.807, 2.05) is 30.0 Å². The fourth-order valence-corrected chi connectivity index (χ4v) is 3.04. The number of carbonyl (C=O) groups is 1. The molecule has 0 aromatic heterocycles. The summed E-state index contributed by atoms with van der Waals surface area (Å²) in [5.41, 5.74) is 2.31. The highest BCUT2D eigenvalue weighted by atomic mass is 16.2. The van der Waals surface area contributed by atoms with Crippen molar-refractivity contribution in [2.45, 2.75) is 39.2 Å². The molecular weight excluding hydrogens is 288 g/mol. The molecule has 124 valence electrons. The Hall–Kier alpha value is -2.04. The minimum atomic E-state index is 0.0678. The van der Waals surface area contributed by atoms with E-state index in [1.165, 1.54) is 12.0 Å². The molecule has 1 amide bonds. The molecule has 1 fully saturated rings. The molecule has 2 atom stereocenters. The third kappa shape index (κ3) is 3.84. The maximum Gasteiger partial charge on any atom is 0.248 e. The third-order valence-corrected chi connectivity index (χ3v) is 4.56. The van der Waals surface area contributed by atoms with Crippen molar-refractivity contribution < 1.29 is 4.79 Å². The standard InChI is InChI=1S/C18H26N4O/c1-3-19-18(21-15-11-13(15)2)20-12-17(23)22-10-6-8-14-7-4-5-9-16(14)22/h4-5,7,9,13,15H,3,6,8,10-12H2,1-2H3,(H2,19,20,21). The largest absolute Gasteiger partial charge is 0.357 e. The van der Waals surface area contributed by atoms with Crippen LogP contribution >= 0.6 is 0 Å². The number of anilines is 1. The van der Waals surface area contributed by atoms with Crippen molar-refractivity contribution in [3.63, 3.8) is 0 Å². The first-order valence-electron chi connectivity index (χ1n) is 8.62. The number of hydrogen-bond acceptors (Lipinski definition) is 2. The van der Waals surface area contributed by atoms with Gasteiger partial charge in [0.05, 0.1) is 0 Å². The number of rotatable bonds is 4. The van der Waals surface area contributed by atoms with Crippen LogP contribution in [0.3, 0.4) is 0 Å². The van der Waals surface area contributed by atoms with Crippen LogP contribution < -0.4 is 15.5 Å². The first-order valence-corrected chi connectivity index (χ1v) is 8.62. The van der Waals surface area contributed by atoms with Gasteiger partial charge in [0.25, 0.3) is 0 Å². The topological polar surface area (TPSA) is 56.7 Å². The predicted octanol–water partition coefficient (Wildman–Crippen LogP) is 1.93. The summed E-state index contributed by atoms with van der Waals surface area (Å²) in [6.45, 7) is 6.03. The quantitative estimate of drug-likeness (QED) is 0.659. The number of amides is 1. The second-order valence-corrected chi connectivity index (χ2v) is 6.44. The summed E-state index contributed by atoms with van der Waals surface area (Å²) in [7, 11) is 0. The smallest absolute Gasteiger partial charge is 0.248 e. The number of guanidine groups is 1. The van der Waals surface area contributed by atoms with E-state index in [4.69, 9.17) is 0 Å². The molecule has 0 bridgehead atoms. The van der Waals surface area contributed by atoms with Crippen molar-refractivity contribution in [3.05, 3.63) is 29.8 Å². The van der Waals surface area contributed by atoms with Crippen LogP contribution in [-0.4, -0.2) is 37.5 Å². The highest BCUT2D eigenvalue weighted by Gasteiger charge is 2.33. The normalized spacial score (nSPS) is 23.2. The van der Waals surface area contributed by atoms with Gasteiger partial charge in [-0.15, -0.1) is 0 Å². The molecule has 2 N–H and O–H groups in total. The van der Waals surface area contributed by atoms with E-state index in [1.54, 1.807) is 0 Å². The molecule has 0 radical (unpaired) electrons. The van der Waals surface area contributed by atoms with E-state index in [0.717, 1.165) is 37.6 Å². The number of nitrogens with one attached hydrogen (secondary N) is 2. The van der Waals surface area contributed by atoms with Crippen molar-refractivity contribution in [2.24, 2.45) is 10.9 Å². The lowest BCUT2D eigenvalue weighted by Gasteiger charge is -2.29. The van der Waals surface area contributed by atoms with Crippen molar-refractivity contribution in [1.82, 2.24) is 10.6 Å². The lowest BCUT2D eigenvalue weighted by molar-refractivity contribution is -0.117. The minimum absolute atomic E-state index is 0.0678. The van der Waals surface area contributed by atoms with Crippen LogP contribution in [0.2, 0.25) is 0 Å². The van der Waals surface area contributed by atoms with E-state index in [2.05, 4.69) is 28.6 Å². The van der Waals surface area contributed by atoms with Crippen LogP contribution in [0.4, 0.5) is 5.69 Å². The van der Waals surface area contributed by atoms with Gasteiger partial charge in [0.2, 0.25) is 5.91 Å². The van der Waals surface area contributed by atoms with Crippen LogP contribution in [-0.2, 0) is 11.2 Å². The average Bonchev–Trinajstić information content (AvgIpc) is 3.27. The fourth-order valence-electron chi connectivity index (χ4n) is 3.04. The number of hydrogen-bond donors (Lipinski definition) is 2. The van der Waals surface area contributed by atoms with Gasteiger partial charge in [0.15, 0.2) is 5.96 Å². The molecule has 0 spiro atoms. The second-order valence-electron chi connectivity index (χ2n) is 6.44. The zero-order valence-electron chi connectivity index (χ0n) is 14.0. The Bertz CT molecular complexity index is 598. The molecule has 23 heavy (non-hydrogen) atoms. The van der Waals surface area contributed by atoms with Gasteiger partial charge in [-0.25, -0.2) is 4.99 Å². The summed E-state index contributed by atoms with van der Waals surface area (Å²) < 4.78 is 0. The number of para-hydroxylation sites is 1. The maximum absolute atomic E-state index is 12.6. The highest BCUT2D eigenvalue weighted by Crippen LogP contribution is 2.29. The van der Waals surface area contributed by atoms with Gasteiger partial charge in [0, 0.05) is 24.8 Å². The summed E-state index contributed by atoms with van der Waals surface area (Å²) in [6.07, 6.45) is 3.25. The molecule has 1 saturated carbocycles. The number of fused-ring (bicyclic) bond motifs is 1. The van der Waals surface area contributed by atoms with Gasteiger partial charge in [-0.3, -0.25) is 4.79 Å². The molecule has 0 saturated heterocycles. The van der Waals surface area contributed by atoms with E-state index < -0.39 is 0 Å². The van der Waals surface area contributed by atoms with Crippen LogP contribution in [0.5, 0.6) is 0 Å². The molecule has 5 heteroatoms. The molecule has 1 aliphatic heterocycles. The van der Waals surface area contributed by atoms with Gasteiger partial charge in [-0.05, 0) is 43.7 Å². The Morgan fingerprint density at radius 2 is 2.17 bits per heavy atom. The van der Waals surface area contributed by atoms with Crippen LogP contribution in [0.15, 0.2) is 29.3 Å². The summed E-state index contributed by atoms with van der Waals surface area (Å²) in [5.74, 6) is 1.52. The van der Waals surface area contributed by atoms with E-state index in [-0.39, 0.29) is 12.5 Å². The first kappa shape index (κ1) is 15.8. The highest BCUT2D eigenvalue weighted by molar-refractivity contribution is 5.97. The van der Waals surface area contributed by atoms with E-state index in [0.29, 0.717) is 12.0 Å². The van der Waals surface area contributed by atoms with Gasteiger partial charge < -0.3 is 15.5 Å². The Morgan fingerprint density at radius 1 is 1.39 bits per heavy atom. The second kappa shape index (κ2) is 7.02. The van der Waals surface area contributed by atoms with Gasteiger partial charge in [-0.2, -0.15) is 0 Å². The lowest BCUT2D eigenvalue weighted by atomic mass is 10.0. The summed E-state index contributed by atoms with van der Waals surface area (Å²) >= 11 is 0. The number of benzene rings is 1. The van der Waals surface area contributed by atoms with Crippen LogP contribution in [0.1, 0.15) is 32.3 Å². The average molecular weight is 314 g/mol. The molecule has 1 aliphatic carbocycles. The van der Waals surface area contributed by atoms with Crippen LogP contribution in [0, 0.1) is 5.92 Å². The molecule has 2 aliphatic rings. The lowest BCUT2D eigenvalue weighted by Crippen LogP contribution is -2.41. The number of aliphatic imine (C=N–C) groups is 1. The number of carbonyl (C=O) groups excluding carboxylic acids is 1. The van der Waals surface area contributed by atoms with Crippen LogP contribution in [0.25, 0.3) is 0 Å². The van der Waals surface area contributed by atoms with Gasteiger partial charge >= 0.3 is 0 Å². The molecule has 3 rings (SSSR count). The number of aryl methyl sites for hydroxylation is 1. The van der Waals surface area contributed by atoms with Crippen molar-refractivity contribution in [3.8, 4) is 0 Å². The molecule has 1 heterocycles. The molecular formula is C18H26N4O. The molecule has 2 unspecified atom stereocenters. The van der Waals surface area contributed by atoms with Crippen molar-refractivity contribution in [1.29, 1.82) is 0 Å². The Kier molecular flexibility index (Phi) is 4.84. The van der Waals surface area contributed by atoms with Crippen molar-refractivity contribution >= 4 is 17.6 Å². The van der Waals surface area contributed by atoms with Gasteiger partial charge in [0.1, 0.15) is 6.54 Å². The summed E-state index contributed by atoms with van der Waals surface area (Å²) in [4.78, 5) is 19.0. The monoisotopic (exact) mass is 314 g/mol. The third-order valence-electron chi connectivity index (χ3n) is 4.56. The van der Waals surface area contributed by atoms with E-state index in [9.17, 15) is 4.79 Å². The zero-order valence-corrected chi connectivity index (χ0v) is 14.0. The Morgan fingerprint density at radius 3 is 2.91 bits per heavy atom. The Balaban J connectivity index is 1.65. The number of nitrogens with zero attached hydrogens (tertiary/aromatic N) is 2. The molecule has 1 aromatic carbocycles. The van der Waals surface area contributed by atoms with Gasteiger partial charge in [-0.1, -0.05) is 25.1 Å². The summed E-state index contributed by atoms with van der Waals surface area (Å²) in [6, 6.07) is 8.67. The fraction of sp³-hybridized carbons (Fsp3) is 0.556. The SMILES string of the molecule is CCNC(=NCC(=O)N1CCCc2ccccc21)NC1CC1C. The molecule has 5 nitrogen and oxygen atoms in total. The minimum Gasteiger partial charge on any atom is -0.357 e. The first-order chi connectivity index (χ1) is 11.2.